The van der Waals surface area contributed by atoms with Crippen molar-refractivity contribution in [3.63, 3.8) is 0 Å². The Labute approximate surface area is 155 Å². The smallest absolute Gasteiger partial charge is 0.206 e. The van der Waals surface area contributed by atoms with Crippen LogP contribution in [0.5, 0.6) is 11.5 Å². The fourth-order valence-corrected chi connectivity index (χ4v) is 3.96. The van der Waals surface area contributed by atoms with E-state index >= 15 is 0 Å². The lowest BCUT2D eigenvalue weighted by atomic mass is 10.1. The summed E-state index contributed by atoms with van der Waals surface area (Å²) < 4.78 is 31.4. The Morgan fingerprint density at radius 2 is 1.08 bits per heavy atom. The van der Waals surface area contributed by atoms with Crippen LogP contribution >= 0.6 is 0 Å². The zero-order chi connectivity index (χ0) is 18.9. The van der Waals surface area contributed by atoms with Gasteiger partial charge in [0.15, 0.2) is 0 Å². The van der Waals surface area contributed by atoms with Gasteiger partial charge in [0.05, 0.1) is 9.79 Å². The molecule has 0 fully saturated rings. The van der Waals surface area contributed by atoms with Gasteiger partial charge in [-0.15, -0.1) is 0 Å². The Morgan fingerprint density at radius 1 is 0.577 bits per heavy atom. The van der Waals surface area contributed by atoms with E-state index in [1.165, 1.54) is 5.56 Å². The summed E-state index contributed by atoms with van der Waals surface area (Å²) in [5.41, 5.74) is 4.38. The fraction of sp³-hybridized carbons (Fsp3) is 0.182. The molecule has 0 saturated carbocycles. The summed E-state index contributed by atoms with van der Waals surface area (Å²) in [6, 6.07) is 17.6. The van der Waals surface area contributed by atoms with Crippen LogP contribution in [0.25, 0.3) is 0 Å². The number of aryl methyl sites for hydroxylation is 4. The maximum absolute atomic E-state index is 12.8. The number of rotatable bonds is 4. The minimum absolute atomic E-state index is 0.258. The Kier molecular flexibility index (Phi) is 4.88. The van der Waals surface area contributed by atoms with Crippen LogP contribution in [0.3, 0.4) is 0 Å². The zero-order valence-corrected chi connectivity index (χ0v) is 16.2. The monoisotopic (exact) mass is 366 g/mol. The van der Waals surface area contributed by atoms with E-state index in [1.807, 2.05) is 52.0 Å². The third-order valence-electron chi connectivity index (χ3n) is 4.64. The third-order valence-corrected chi connectivity index (χ3v) is 6.40. The highest BCUT2D eigenvalue weighted by molar-refractivity contribution is 7.91. The molecule has 0 aromatic heterocycles. The lowest BCUT2D eigenvalue weighted by molar-refractivity contribution is 0.481. The highest BCUT2D eigenvalue weighted by Crippen LogP contribution is 2.27. The van der Waals surface area contributed by atoms with Gasteiger partial charge in [-0.1, -0.05) is 12.1 Å². The SMILES string of the molecule is Cc1ccc(Oc2ccc(S(=O)(=O)c3ccc(C)c(C)c3)cc2)cc1C. The molecule has 134 valence electrons. The average molecular weight is 366 g/mol. The molecule has 0 aliphatic carbocycles. The van der Waals surface area contributed by atoms with E-state index in [9.17, 15) is 8.42 Å². The molecule has 0 amide bonds. The summed E-state index contributed by atoms with van der Waals surface area (Å²) in [7, 11) is -3.54. The molecule has 0 spiro atoms. The molecular weight excluding hydrogens is 344 g/mol. The topological polar surface area (TPSA) is 43.4 Å². The second kappa shape index (κ2) is 6.96. The molecule has 3 nitrogen and oxygen atoms in total. The molecule has 0 saturated heterocycles. The van der Waals surface area contributed by atoms with Crippen molar-refractivity contribution in [2.75, 3.05) is 0 Å². The molecule has 0 aliphatic rings. The molecule has 0 N–H and O–H groups in total. The van der Waals surface area contributed by atoms with E-state index in [-0.39, 0.29) is 4.90 Å². The Hall–Kier alpha value is -2.59. The van der Waals surface area contributed by atoms with Crippen molar-refractivity contribution in [2.24, 2.45) is 0 Å². The summed E-state index contributed by atoms with van der Waals surface area (Å²) in [6.07, 6.45) is 0. The van der Waals surface area contributed by atoms with Crippen molar-refractivity contribution >= 4 is 9.84 Å². The first-order valence-corrected chi connectivity index (χ1v) is 9.93. The molecule has 3 aromatic rings. The predicted molar refractivity (Wildman–Crippen MR) is 104 cm³/mol. The first kappa shape index (κ1) is 18.2. The van der Waals surface area contributed by atoms with Gasteiger partial charge in [0.25, 0.3) is 0 Å². The lowest BCUT2D eigenvalue weighted by Gasteiger charge is -2.10. The molecule has 0 radical (unpaired) electrons. The number of hydrogen-bond acceptors (Lipinski definition) is 3. The largest absolute Gasteiger partial charge is 0.457 e. The van der Waals surface area contributed by atoms with E-state index in [4.69, 9.17) is 4.74 Å². The van der Waals surface area contributed by atoms with Crippen molar-refractivity contribution in [3.05, 3.63) is 82.9 Å². The van der Waals surface area contributed by atoms with Gasteiger partial charge in [-0.05, 0) is 98.5 Å². The summed E-state index contributed by atoms with van der Waals surface area (Å²) in [5, 5.41) is 0. The lowest BCUT2D eigenvalue weighted by Crippen LogP contribution is -2.02. The minimum Gasteiger partial charge on any atom is -0.457 e. The summed E-state index contributed by atoms with van der Waals surface area (Å²) in [4.78, 5) is 0.566. The van der Waals surface area contributed by atoms with Crippen molar-refractivity contribution < 1.29 is 13.2 Å². The summed E-state index contributed by atoms with van der Waals surface area (Å²) in [6.45, 7) is 7.95. The van der Waals surface area contributed by atoms with E-state index in [0.717, 1.165) is 22.4 Å². The first-order valence-electron chi connectivity index (χ1n) is 8.45. The van der Waals surface area contributed by atoms with Gasteiger partial charge < -0.3 is 4.74 Å². The number of ether oxygens (including phenoxy) is 1. The van der Waals surface area contributed by atoms with Gasteiger partial charge in [-0.2, -0.15) is 0 Å². The quantitative estimate of drug-likeness (QED) is 0.608. The van der Waals surface area contributed by atoms with E-state index in [2.05, 4.69) is 0 Å². The molecule has 0 unspecified atom stereocenters. The Morgan fingerprint density at radius 3 is 1.65 bits per heavy atom. The zero-order valence-electron chi connectivity index (χ0n) is 15.4. The standard InChI is InChI=1S/C22H22O3S/c1-15-5-7-20(13-17(15)3)25-19-8-11-21(12-9-19)26(23,24)22-10-6-16(2)18(4)14-22/h5-14H,1-4H3. The van der Waals surface area contributed by atoms with Gasteiger partial charge in [0, 0.05) is 0 Å². The number of hydrogen-bond donors (Lipinski definition) is 0. The molecule has 4 heteroatoms. The van der Waals surface area contributed by atoms with Crippen LogP contribution < -0.4 is 4.74 Å². The third kappa shape index (κ3) is 3.65. The van der Waals surface area contributed by atoms with Crippen LogP contribution in [0.2, 0.25) is 0 Å². The van der Waals surface area contributed by atoms with Crippen molar-refractivity contribution in [1.82, 2.24) is 0 Å². The average Bonchev–Trinajstić information content (AvgIpc) is 2.61. The Balaban J connectivity index is 1.86. The van der Waals surface area contributed by atoms with Gasteiger partial charge >= 0.3 is 0 Å². The first-order chi connectivity index (χ1) is 12.3. The molecule has 3 aromatic carbocycles. The van der Waals surface area contributed by atoms with Gasteiger partial charge in [-0.3, -0.25) is 0 Å². The number of sulfone groups is 1. The second-order valence-electron chi connectivity index (χ2n) is 6.57. The van der Waals surface area contributed by atoms with Crippen molar-refractivity contribution in [2.45, 2.75) is 37.5 Å². The molecule has 0 atom stereocenters. The van der Waals surface area contributed by atoms with E-state index < -0.39 is 9.84 Å². The van der Waals surface area contributed by atoms with E-state index in [0.29, 0.717) is 10.6 Å². The summed E-state index contributed by atoms with van der Waals surface area (Å²) >= 11 is 0. The second-order valence-corrected chi connectivity index (χ2v) is 8.52. The summed E-state index contributed by atoms with van der Waals surface area (Å²) in [5.74, 6) is 1.34. The molecule has 0 heterocycles. The highest BCUT2D eigenvalue weighted by Gasteiger charge is 2.18. The van der Waals surface area contributed by atoms with Crippen LogP contribution in [-0.2, 0) is 9.84 Å². The van der Waals surface area contributed by atoms with Crippen molar-refractivity contribution in [1.29, 1.82) is 0 Å². The van der Waals surface area contributed by atoms with E-state index in [1.54, 1.807) is 36.4 Å². The molecular formula is C22H22O3S. The molecule has 3 rings (SSSR count). The van der Waals surface area contributed by atoms with Crippen LogP contribution in [0.4, 0.5) is 0 Å². The molecule has 0 bridgehead atoms. The highest BCUT2D eigenvalue weighted by atomic mass is 32.2. The maximum Gasteiger partial charge on any atom is 0.206 e. The van der Waals surface area contributed by atoms with Gasteiger partial charge in [0.2, 0.25) is 9.84 Å². The van der Waals surface area contributed by atoms with Gasteiger partial charge in [0.1, 0.15) is 11.5 Å². The predicted octanol–water partition coefficient (Wildman–Crippen LogP) is 5.55. The number of benzene rings is 3. The van der Waals surface area contributed by atoms with Crippen LogP contribution in [0.15, 0.2) is 70.5 Å². The molecule has 26 heavy (non-hydrogen) atoms. The van der Waals surface area contributed by atoms with Crippen LogP contribution in [0, 0.1) is 27.7 Å². The van der Waals surface area contributed by atoms with Crippen LogP contribution in [-0.4, -0.2) is 8.42 Å². The van der Waals surface area contributed by atoms with Crippen LogP contribution in [0.1, 0.15) is 22.3 Å². The normalized spacial score (nSPS) is 11.4. The molecule has 0 aliphatic heterocycles. The fourth-order valence-electron chi connectivity index (χ4n) is 2.62. The Bertz CT molecular complexity index is 1050. The maximum atomic E-state index is 12.8. The van der Waals surface area contributed by atoms with Crippen molar-refractivity contribution in [3.8, 4) is 11.5 Å². The minimum atomic E-state index is -3.54. The van der Waals surface area contributed by atoms with Gasteiger partial charge in [-0.25, -0.2) is 8.42 Å².